The van der Waals surface area contributed by atoms with Gasteiger partial charge in [-0.3, -0.25) is 0 Å². The van der Waals surface area contributed by atoms with Crippen LogP contribution in [-0.2, 0) is 5.41 Å². The lowest BCUT2D eigenvalue weighted by Gasteiger charge is -2.26. The van der Waals surface area contributed by atoms with E-state index in [1.165, 1.54) is 11.1 Å². The monoisotopic (exact) mass is 282 g/mol. The molecule has 0 N–H and O–H groups in total. The van der Waals surface area contributed by atoms with Crippen LogP contribution in [0.5, 0.6) is 11.5 Å². The van der Waals surface area contributed by atoms with E-state index in [4.69, 9.17) is 9.47 Å². The summed E-state index contributed by atoms with van der Waals surface area (Å²) >= 11 is 0. The van der Waals surface area contributed by atoms with Crippen molar-refractivity contribution in [2.45, 2.75) is 19.3 Å². The molecule has 0 unspecified atom stereocenters. The summed E-state index contributed by atoms with van der Waals surface area (Å²) in [5, 5.41) is 0. The molecule has 0 atom stereocenters. The van der Waals surface area contributed by atoms with Crippen molar-refractivity contribution in [3.05, 3.63) is 73.5 Å². The van der Waals surface area contributed by atoms with Gasteiger partial charge in [0, 0.05) is 5.41 Å². The fourth-order valence-corrected chi connectivity index (χ4v) is 2.34. The first-order valence-electron chi connectivity index (χ1n) is 7.13. The zero-order chi connectivity index (χ0) is 15.3. The molecule has 0 amide bonds. The number of ether oxygens (including phenoxy) is 2. The maximum Gasteiger partial charge on any atom is 0.119 e. The van der Waals surface area contributed by atoms with Crippen molar-refractivity contribution in [1.29, 1.82) is 0 Å². The molecule has 2 radical (unpaired) electrons. The van der Waals surface area contributed by atoms with Crippen molar-refractivity contribution in [2.24, 2.45) is 0 Å². The van der Waals surface area contributed by atoms with Crippen LogP contribution in [0, 0.1) is 13.8 Å². The number of benzene rings is 2. The third-order valence-electron chi connectivity index (χ3n) is 3.69. The Labute approximate surface area is 127 Å². The normalized spacial score (nSPS) is 11.2. The van der Waals surface area contributed by atoms with Gasteiger partial charge in [-0.1, -0.05) is 38.1 Å². The summed E-state index contributed by atoms with van der Waals surface area (Å²) < 4.78 is 10.8. The fraction of sp³-hybridized carbons (Fsp3) is 0.263. The summed E-state index contributed by atoms with van der Waals surface area (Å²) in [5.74, 6) is 1.70. The third kappa shape index (κ3) is 3.57. The van der Waals surface area contributed by atoms with Gasteiger partial charge < -0.3 is 9.47 Å². The molecule has 2 aromatic carbocycles. The predicted octanol–water partition coefficient (Wildman–Crippen LogP) is 4.44. The minimum atomic E-state index is -0.0774. The summed E-state index contributed by atoms with van der Waals surface area (Å²) in [7, 11) is 0. The second kappa shape index (κ2) is 6.66. The van der Waals surface area contributed by atoms with E-state index in [0.717, 1.165) is 11.5 Å². The Hall–Kier alpha value is -1.96. The highest BCUT2D eigenvalue weighted by molar-refractivity contribution is 5.41. The molecule has 0 saturated heterocycles. The molecule has 0 heterocycles. The maximum atomic E-state index is 5.39. The van der Waals surface area contributed by atoms with Crippen LogP contribution < -0.4 is 9.47 Å². The maximum absolute atomic E-state index is 5.39. The third-order valence-corrected chi connectivity index (χ3v) is 3.69. The molecule has 0 fully saturated rings. The Morgan fingerprint density at radius 3 is 1.33 bits per heavy atom. The predicted molar refractivity (Wildman–Crippen MR) is 86.7 cm³/mol. The molecule has 2 aromatic rings. The van der Waals surface area contributed by atoms with E-state index in [1.807, 2.05) is 24.3 Å². The Balaban J connectivity index is 2.23. The molecule has 0 aliphatic heterocycles. The molecule has 2 heteroatoms. The first kappa shape index (κ1) is 15.4. The zero-order valence-electron chi connectivity index (χ0n) is 12.8. The van der Waals surface area contributed by atoms with Crippen LogP contribution in [0.4, 0.5) is 0 Å². The minimum Gasteiger partial charge on any atom is -0.494 e. The van der Waals surface area contributed by atoms with Crippen molar-refractivity contribution >= 4 is 0 Å². The zero-order valence-corrected chi connectivity index (χ0v) is 12.8. The topological polar surface area (TPSA) is 18.5 Å². The smallest absolute Gasteiger partial charge is 0.119 e. The average molecular weight is 282 g/mol. The lowest BCUT2D eigenvalue weighted by molar-refractivity contribution is 0.360. The second-order valence-electron chi connectivity index (χ2n) is 5.37. The summed E-state index contributed by atoms with van der Waals surface area (Å²) in [5.41, 5.74) is 2.40. The number of rotatable bonds is 6. The molecular weight excluding hydrogens is 260 g/mol. The number of hydrogen-bond donors (Lipinski definition) is 0. The molecule has 21 heavy (non-hydrogen) atoms. The highest BCUT2D eigenvalue weighted by atomic mass is 16.5. The van der Waals surface area contributed by atoms with Gasteiger partial charge in [-0.05, 0) is 49.2 Å². The fourth-order valence-electron chi connectivity index (χ4n) is 2.34. The van der Waals surface area contributed by atoms with E-state index in [0.29, 0.717) is 13.2 Å². The van der Waals surface area contributed by atoms with Crippen LogP contribution in [0.25, 0.3) is 0 Å². The molecule has 2 rings (SSSR count). The van der Waals surface area contributed by atoms with Crippen molar-refractivity contribution < 1.29 is 9.47 Å². The number of hydrogen-bond acceptors (Lipinski definition) is 2. The Morgan fingerprint density at radius 2 is 1.05 bits per heavy atom. The highest BCUT2D eigenvalue weighted by Crippen LogP contribution is 2.33. The summed E-state index contributed by atoms with van der Waals surface area (Å²) in [6, 6.07) is 16.4. The first-order valence-corrected chi connectivity index (χ1v) is 7.13. The van der Waals surface area contributed by atoms with Crippen LogP contribution in [0.1, 0.15) is 25.0 Å². The molecule has 0 aromatic heterocycles. The molecule has 0 spiro atoms. The van der Waals surface area contributed by atoms with Gasteiger partial charge in [-0.2, -0.15) is 0 Å². The van der Waals surface area contributed by atoms with E-state index in [9.17, 15) is 0 Å². The molecule has 2 nitrogen and oxygen atoms in total. The van der Waals surface area contributed by atoms with Gasteiger partial charge >= 0.3 is 0 Å². The van der Waals surface area contributed by atoms with Gasteiger partial charge in [0.25, 0.3) is 0 Å². The van der Waals surface area contributed by atoms with E-state index >= 15 is 0 Å². The first-order chi connectivity index (χ1) is 10.1. The van der Waals surface area contributed by atoms with Crippen molar-refractivity contribution in [1.82, 2.24) is 0 Å². The lowest BCUT2D eigenvalue weighted by atomic mass is 9.78. The van der Waals surface area contributed by atoms with Crippen LogP contribution in [-0.4, -0.2) is 13.2 Å². The van der Waals surface area contributed by atoms with Gasteiger partial charge in [0.2, 0.25) is 0 Å². The van der Waals surface area contributed by atoms with Gasteiger partial charge in [-0.15, -0.1) is 0 Å². The molecule has 0 aliphatic carbocycles. The minimum absolute atomic E-state index is 0.0774. The second-order valence-corrected chi connectivity index (χ2v) is 5.37. The lowest BCUT2D eigenvalue weighted by Crippen LogP contribution is -2.18. The SMILES string of the molecule is [CH2]COc1ccc(C(C)(C)c2ccc(OC[CH2])cc2)cc1. The van der Waals surface area contributed by atoms with Crippen LogP contribution in [0.3, 0.4) is 0 Å². The molecule has 110 valence electrons. The molecule has 0 saturated carbocycles. The van der Waals surface area contributed by atoms with Gasteiger partial charge in [0.15, 0.2) is 0 Å². The van der Waals surface area contributed by atoms with Gasteiger partial charge in [-0.25, -0.2) is 0 Å². The quantitative estimate of drug-likeness (QED) is 0.780. The van der Waals surface area contributed by atoms with E-state index in [2.05, 4.69) is 52.0 Å². The molecule has 0 bridgehead atoms. The van der Waals surface area contributed by atoms with Gasteiger partial charge in [0.05, 0.1) is 13.2 Å². The Bertz CT molecular complexity index is 502. The molecular formula is C19H22O2. The van der Waals surface area contributed by atoms with E-state index in [1.54, 1.807) is 0 Å². The standard InChI is InChI=1S/C19H22O2/c1-5-20-17-11-7-15(8-12-17)19(3,4)16-9-13-18(14-10-16)21-6-2/h7-14H,1-2,5-6H2,3-4H3. The van der Waals surface area contributed by atoms with Crippen molar-refractivity contribution in [2.75, 3.05) is 13.2 Å². The largest absolute Gasteiger partial charge is 0.494 e. The van der Waals surface area contributed by atoms with Gasteiger partial charge in [0.1, 0.15) is 11.5 Å². The summed E-state index contributed by atoms with van der Waals surface area (Å²) in [6.45, 7) is 12.7. The Morgan fingerprint density at radius 1 is 0.714 bits per heavy atom. The van der Waals surface area contributed by atoms with Crippen LogP contribution >= 0.6 is 0 Å². The highest BCUT2D eigenvalue weighted by Gasteiger charge is 2.23. The molecule has 0 aliphatic rings. The Kier molecular flexibility index (Phi) is 4.89. The summed E-state index contributed by atoms with van der Waals surface area (Å²) in [6.07, 6.45) is 0. The summed E-state index contributed by atoms with van der Waals surface area (Å²) in [4.78, 5) is 0. The average Bonchev–Trinajstić information content (AvgIpc) is 2.49. The van der Waals surface area contributed by atoms with Crippen LogP contribution in [0.2, 0.25) is 0 Å². The van der Waals surface area contributed by atoms with Crippen molar-refractivity contribution in [3.63, 3.8) is 0 Å². The van der Waals surface area contributed by atoms with E-state index in [-0.39, 0.29) is 5.41 Å². The van der Waals surface area contributed by atoms with Crippen LogP contribution in [0.15, 0.2) is 48.5 Å². The van der Waals surface area contributed by atoms with Crippen molar-refractivity contribution in [3.8, 4) is 11.5 Å². The van der Waals surface area contributed by atoms with E-state index < -0.39 is 0 Å².